The molecule has 1 aliphatic rings. The maximum Gasteiger partial charge on any atom is 0.245 e. The minimum atomic E-state index is -3.87. The first kappa shape index (κ1) is 19.5. The summed E-state index contributed by atoms with van der Waals surface area (Å²) in [7, 11) is -3.87. The van der Waals surface area contributed by atoms with Gasteiger partial charge in [0, 0.05) is 25.6 Å². The monoisotopic (exact) mass is 390 g/mol. The van der Waals surface area contributed by atoms with E-state index in [-0.39, 0.29) is 29.8 Å². The zero-order chi connectivity index (χ0) is 19.3. The fraction of sp³-hybridized carbons (Fsp3) is 0.350. The highest BCUT2D eigenvalue weighted by atomic mass is 32.2. The Bertz CT molecular complexity index is 879. The smallest absolute Gasteiger partial charge is 0.245 e. The highest BCUT2D eigenvalue weighted by Gasteiger charge is 2.33. The number of amides is 1. The maximum absolute atomic E-state index is 13.9. The molecule has 3 rings (SSSR count). The molecule has 0 unspecified atom stereocenters. The van der Waals surface area contributed by atoms with Gasteiger partial charge in [0.05, 0.1) is 0 Å². The first-order valence-electron chi connectivity index (χ1n) is 9.05. The van der Waals surface area contributed by atoms with Crippen LogP contribution in [0.3, 0.4) is 0 Å². The first-order valence-corrected chi connectivity index (χ1v) is 10.5. The molecule has 2 aromatic carbocycles. The van der Waals surface area contributed by atoms with Crippen LogP contribution in [0.2, 0.25) is 0 Å². The van der Waals surface area contributed by atoms with Crippen LogP contribution in [0.15, 0.2) is 59.5 Å². The number of hydrogen-bond acceptors (Lipinski definition) is 3. The molecule has 0 saturated carbocycles. The maximum atomic E-state index is 13.9. The van der Waals surface area contributed by atoms with E-state index in [0.29, 0.717) is 19.4 Å². The molecule has 144 valence electrons. The van der Waals surface area contributed by atoms with E-state index in [1.807, 2.05) is 30.3 Å². The summed E-state index contributed by atoms with van der Waals surface area (Å²) in [6, 6.07) is 15.3. The van der Waals surface area contributed by atoms with Crippen molar-refractivity contribution in [3.8, 4) is 0 Å². The summed E-state index contributed by atoms with van der Waals surface area (Å²) in [5.41, 5.74) is 1.16. The lowest BCUT2D eigenvalue weighted by Gasteiger charge is -2.30. The molecule has 1 aliphatic heterocycles. The molecule has 1 amide bonds. The number of nitrogens with one attached hydrogen (secondary N) is 1. The Kier molecular flexibility index (Phi) is 6.23. The van der Waals surface area contributed by atoms with Crippen LogP contribution in [-0.2, 0) is 21.2 Å². The fourth-order valence-corrected chi connectivity index (χ4v) is 4.81. The number of nitrogens with zero attached hydrogens (tertiary/aromatic N) is 1. The number of sulfonamides is 1. The minimum absolute atomic E-state index is 0.0473. The third-order valence-electron chi connectivity index (χ3n) is 4.83. The Morgan fingerprint density at radius 1 is 1.04 bits per heavy atom. The van der Waals surface area contributed by atoms with Crippen LogP contribution in [0.4, 0.5) is 4.39 Å². The molecule has 5 nitrogen and oxygen atoms in total. The quantitative estimate of drug-likeness (QED) is 0.824. The van der Waals surface area contributed by atoms with Crippen molar-refractivity contribution in [3.63, 3.8) is 0 Å². The first-order chi connectivity index (χ1) is 13.0. The average Bonchev–Trinajstić information content (AvgIpc) is 2.69. The molecule has 1 N–H and O–H groups in total. The van der Waals surface area contributed by atoms with Gasteiger partial charge < -0.3 is 5.32 Å². The van der Waals surface area contributed by atoms with Gasteiger partial charge in [-0.05, 0) is 37.0 Å². The van der Waals surface area contributed by atoms with Gasteiger partial charge in [-0.1, -0.05) is 42.5 Å². The van der Waals surface area contributed by atoms with Crippen LogP contribution in [0.1, 0.15) is 18.4 Å². The Balaban J connectivity index is 1.51. The molecule has 1 heterocycles. The number of halogens is 1. The topological polar surface area (TPSA) is 66.5 Å². The Morgan fingerprint density at radius 3 is 2.33 bits per heavy atom. The lowest BCUT2D eigenvalue weighted by molar-refractivity contribution is -0.126. The number of rotatable bonds is 6. The molecule has 7 heteroatoms. The molecule has 2 aromatic rings. The molecule has 1 fully saturated rings. The van der Waals surface area contributed by atoms with Gasteiger partial charge in [0.2, 0.25) is 15.9 Å². The summed E-state index contributed by atoms with van der Waals surface area (Å²) in [5.74, 6) is -1.01. The Hall–Kier alpha value is -2.25. The van der Waals surface area contributed by atoms with E-state index in [0.717, 1.165) is 18.1 Å². The standard InChI is InChI=1S/C20H23FN2O3S/c21-18-8-4-5-9-19(18)27(25,26)23-14-11-17(12-15-23)20(24)22-13-10-16-6-2-1-3-7-16/h1-9,17H,10-15H2,(H,22,24). The van der Waals surface area contributed by atoms with E-state index in [1.54, 1.807) is 0 Å². The van der Waals surface area contributed by atoms with E-state index in [9.17, 15) is 17.6 Å². The third-order valence-corrected chi connectivity index (χ3v) is 6.77. The number of piperidine rings is 1. The van der Waals surface area contributed by atoms with Gasteiger partial charge in [-0.2, -0.15) is 4.31 Å². The second-order valence-electron chi connectivity index (χ2n) is 6.64. The average molecular weight is 390 g/mol. The van der Waals surface area contributed by atoms with Crippen molar-refractivity contribution in [2.75, 3.05) is 19.6 Å². The summed E-state index contributed by atoms with van der Waals surface area (Å²) < 4.78 is 40.3. The normalized spacial score (nSPS) is 16.2. The SMILES string of the molecule is O=C(NCCc1ccccc1)C1CCN(S(=O)(=O)c2ccccc2F)CC1. The van der Waals surface area contributed by atoms with Gasteiger partial charge in [0.15, 0.2) is 0 Å². The number of benzene rings is 2. The number of carbonyl (C=O) groups excluding carboxylic acids is 1. The summed E-state index contributed by atoms with van der Waals surface area (Å²) in [6.45, 7) is 0.984. The van der Waals surface area contributed by atoms with E-state index < -0.39 is 15.8 Å². The van der Waals surface area contributed by atoms with Crippen LogP contribution in [0.5, 0.6) is 0 Å². The highest BCUT2D eigenvalue weighted by molar-refractivity contribution is 7.89. The van der Waals surface area contributed by atoms with Gasteiger partial charge in [-0.15, -0.1) is 0 Å². The zero-order valence-corrected chi connectivity index (χ0v) is 15.8. The number of hydrogen-bond donors (Lipinski definition) is 1. The molecule has 0 bridgehead atoms. The predicted octanol–water partition coefficient (Wildman–Crippen LogP) is 2.59. The summed E-state index contributed by atoms with van der Waals surface area (Å²) in [6.07, 6.45) is 1.63. The molecule has 0 aromatic heterocycles. The second kappa shape index (κ2) is 8.63. The molecular weight excluding hydrogens is 367 g/mol. The van der Waals surface area contributed by atoms with Crippen molar-refractivity contribution in [2.45, 2.75) is 24.2 Å². The van der Waals surface area contributed by atoms with Crippen LogP contribution in [0, 0.1) is 11.7 Å². The Labute approximate surface area is 159 Å². The predicted molar refractivity (Wildman–Crippen MR) is 101 cm³/mol. The summed E-state index contributed by atoms with van der Waals surface area (Å²) in [5, 5.41) is 2.93. The van der Waals surface area contributed by atoms with Crippen molar-refractivity contribution in [2.24, 2.45) is 5.92 Å². The zero-order valence-electron chi connectivity index (χ0n) is 15.0. The highest BCUT2D eigenvalue weighted by Crippen LogP contribution is 2.25. The van der Waals surface area contributed by atoms with Crippen molar-refractivity contribution < 1.29 is 17.6 Å². The van der Waals surface area contributed by atoms with Gasteiger partial charge in [-0.3, -0.25) is 4.79 Å². The third kappa shape index (κ3) is 4.73. The summed E-state index contributed by atoms with van der Waals surface area (Å²) in [4.78, 5) is 12.0. The van der Waals surface area contributed by atoms with E-state index in [4.69, 9.17) is 0 Å². The molecule has 0 aliphatic carbocycles. The van der Waals surface area contributed by atoms with Crippen molar-refractivity contribution in [1.29, 1.82) is 0 Å². The van der Waals surface area contributed by atoms with E-state index in [2.05, 4.69) is 5.32 Å². The van der Waals surface area contributed by atoms with E-state index in [1.165, 1.54) is 22.5 Å². The van der Waals surface area contributed by atoms with Crippen LogP contribution in [0.25, 0.3) is 0 Å². The lowest BCUT2D eigenvalue weighted by atomic mass is 9.97. The van der Waals surface area contributed by atoms with Gasteiger partial charge >= 0.3 is 0 Å². The summed E-state index contributed by atoms with van der Waals surface area (Å²) >= 11 is 0. The molecule has 0 spiro atoms. The van der Waals surface area contributed by atoms with Crippen molar-refractivity contribution >= 4 is 15.9 Å². The molecule has 27 heavy (non-hydrogen) atoms. The minimum Gasteiger partial charge on any atom is -0.356 e. The second-order valence-corrected chi connectivity index (χ2v) is 8.54. The van der Waals surface area contributed by atoms with Gasteiger partial charge in [-0.25, -0.2) is 12.8 Å². The van der Waals surface area contributed by atoms with Crippen LogP contribution in [-0.4, -0.2) is 38.3 Å². The number of carbonyl (C=O) groups is 1. The molecule has 0 atom stereocenters. The van der Waals surface area contributed by atoms with Gasteiger partial charge in [0.1, 0.15) is 10.7 Å². The fourth-order valence-electron chi connectivity index (χ4n) is 3.27. The Morgan fingerprint density at radius 2 is 1.67 bits per heavy atom. The largest absolute Gasteiger partial charge is 0.356 e. The van der Waals surface area contributed by atoms with Crippen LogP contribution < -0.4 is 5.32 Å². The van der Waals surface area contributed by atoms with Crippen molar-refractivity contribution in [1.82, 2.24) is 9.62 Å². The van der Waals surface area contributed by atoms with Crippen molar-refractivity contribution in [3.05, 3.63) is 66.0 Å². The molecular formula is C20H23FN2O3S. The van der Waals surface area contributed by atoms with Gasteiger partial charge in [0.25, 0.3) is 0 Å². The lowest BCUT2D eigenvalue weighted by Crippen LogP contribution is -2.43. The molecule has 1 saturated heterocycles. The van der Waals surface area contributed by atoms with Crippen LogP contribution >= 0.6 is 0 Å². The van der Waals surface area contributed by atoms with E-state index >= 15 is 0 Å². The molecule has 0 radical (unpaired) electrons.